The molecule has 3 atom stereocenters. The monoisotopic (exact) mass is 255 g/mol. The van der Waals surface area contributed by atoms with Crippen LogP contribution >= 0.6 is 0 Å². The van der Waals surface area contributed by atoms with Gasteiger partial charge >= 0.3 is 0 Å². The van der Waals surface area contributed by atoms with E-state index in [9.17, 15) is 4.79 Å². The van der Waals surface area contributed by atoms with E-state index in [1.165, 1.54) is 0 Å². The van der Waals surface area contributed by atoms with Crippen molar-refractivity contribution in [1.29, 1.82) is 0 Å². The molecule has 2 aliphatic rings. The van der Waals surface area contributed by atoms with Gasteiger partial charge in [-0.15, -0.1) is 0 Å². The molecule has 5 heteroatoms. The predicted octanol–water partition coefficient (Wildman–Crippen LogP) is -0.179. The van der Waals surface area contributed by atoms with Crippen molar-refractivity contribution >= 4 is 5.91 Å². The molecule has 2 fully saturated rings. The van der Waals surface area contributed by atoms with Gasteiger partial charge in [0.15, 0.2) is 0 Å². The Morgan fingerprint density at radius 3 is 3.06 bits per heavy atom. The first-order valence-corrected chi connectivity index (χ1v) is 6.94. The van der Waals surface area contributed by atoms with Crippen LogP contribution in [0.4, 0.5) is 0 Å². The normalized spacial score (nSPS) is 32.9. The fourth-order valence-corrected chi connectivity index (χ4v) is 2.79. The Balaban J connectivity index is 1.69. The number of hydrogen-bond acceptors (Lipinski definition) is 4. The summed E-state index contributed by atoms with van der Waals surface area (Å²) in [6.07, 6.45) is 2.02. The third kappa shape index (κ3) is 3.67. The van der Waals surface area contributed by atoms with Gasteiger partial charge in [0.25, 0.3) is 0 Å². The Morgan fingerprint density at radius 1 is 1.56 bits per heavy atom. The summed E-state index contributed by atoms with van der Waals surface area (Å²) in [4.78, 5) is 14.4. The zero-order chi connectivity index (χ0) is 13.0. The lowest BCUT2D eigenvalue weighted by Gasteiger charge is -2.18. The maximum atomic E-state index is 12.1. The van der Waals surface area contributed by atoms with Crippen molar-refractivity contribution in [2.75, 3.05) is 39.9 Å². The summed E-state index contributed by atoms with van der Waals surface area (Å²) in [5.41, 5.74) is 0. The van der Waals surface area contributed by atoms with E-state index in [2.05, 4.69) is 22.5 Å². The van der Waals surface area contributed by atoms with E-state index in [4.69, 9.17) is 4.74 Å². The Hall–Kier alpha value is -0.650. The van der Waals surface area contributed by atoms with Crippen LogP contribution in [0.15, 0.2) is 0 Å². The van der Waals surface area contributed by atoms with Crippen molar-refractivity contribution in [3.05, 3.63) is 0 Å². The van der Waals surface area contributed by atoms with E-state index >= 15 is 0 Å². The number of rotatable bonds is 5. The van der Waals surface area contributed by atoms with E-state index in [0.29, 0.717) is 12.0 Å². The van der Waals surface area contributed by atoms with Crippen LogP contribution in [0.25, 0.3) is 0 Å². The molecule has 1 unspecified atom stereocenters. The molecule has 0 aromatic rings. The summed E-state index contributed by atoms with van der Waals surface area (Å²) < 4.78 is 5.07. The molecule has 18 heavy (non-hydrogen) atoms. The summed E-state index contributed by atoms with van der Waals surface area (Å²) >= 11 is 0. The highest BCUT2D eigenvalue weighted by Gasteiger charge is 2.30. The summed E-state index contributed by atoms with van der Waals surface area (Å²) in [5.74, 6) is 0.792. The Bertz CT molecular complexity index is 285. The SMILES string of the molecule is COCCN1CC[C@H](NC(=O)[C@@H]2CC(C)CN2)C1. The minimum Gasteiger partial charge on any atom is -0.383 e. The van der Waals surface area contributed by atoms with Gasteiger partial charge in [-0.25, -0.2) is 0 Å². The first-order chi connectivity index (χ1) is 8.69. The van der Waals surface area contributed by atoms with Crippen LogP contribution < -0.4 is 10.6 Å². The highest BCUT2D eigenvalue weighted by Crippen LogP contribution is 2.14. The summed E-state index contributed by atoms with van der Waals surface area (Å²) in [7, 11) is 1.72. The number of methoxy groups -OCH3 is 1. The van der Waals surface area contributed by atoms with E-state index in [1.807, 2.05) is 0 Å². The maximum absolute atomic E-state index is 12.1. The average molecular weight is 255 g/mol. The van der Waals surface area contributed by atoms with E-state index < -0.39 is 0 Å². The second-order valence-electron chi connectivity index (χ2n) is 5.59. The number of ether oxygens (including phenoxy) is 1. The molecule has 0 saturated carbocycles. The Kier molecular flexibility index (Phi) is 4.97. The molecular weight excluding hydrogens is 230 g/mol. The maximum Gasteiger partial charge on any atom is 0.237 e. The van der Waals surface area contributed by atoms with Crippen LogP contribution in [0, 0.1) is 5.92 Å². The number of hydrogen-bond donors (Lipinski definition) is 2. The molecule has 2 heterocycles. The van der Waals surface area contributed by atoms with Crippen molar-refractivity contribution in [3.8, 4) is 0 Å². The van der Waals surface area contributed by atoms with Crippen LogP contribution in [0.2, 0.25) is 0 Å². The van der Waals surface area contributed by atoms with E-state index in [-0.39, 0.29) is 11.9 Å². The molecule has 2 saturated heterocycles. The molecule has 0 aromatic heterocycles. The molecule has 1 amide bonds. The zero-order valence-electron chi connectivity index (χ0n) is 11.4. The number of likely N-dealkylation sites (tertiary alicyclic amines) is 1. The predicted molar refractivity (Wildman–Crippen MR) is 70.4 cm³/mol. The minimum absolute atomic E-state index is 0.0213. The van der Waals surface area contributed by atoms with Gasteiger partial charge in [-0.05, 0) is 25.3 Å². The molecule has 5 nitrogen and oxygen atoms in total. The number of carbonyl (C=O) groups is 1. The largest absolute Gasteiger partial charge is 0.383 e. The molecule has 2 N–H and O–H groups in total. The first-order valence-electron chi connectivity index (χ1n) is 6.94. The van der Waals surface area contributed by atoms with Crippen molar-refractivity contribution in [2.24, 2.45) is 5.92 Å². The molecule has 0 radical (unpaired) electrons. The second-order valence-corrected chi connectivity index (χ2v) is 5.59. The van der Waals surface area contributed by atoms with Gasteiger partial charge < -0.3 is 15.4 Å². The Morgan fingerprint density at radius 2 is 2.39 bits per heavy atom. The van der Waals surface area contributed by atoms with Gasteiger partial charge in [0, 0.05) is 32.8 Å². The van der Waals surface area contributed by atoms with Crippen LogP contribution in [0.5, 0.6) is 0 Å². The first kappa shape index (κ1) is 13.8. The van der Waals surface area contributed by atoms with Crippen molar-refractivity contribution in [3.63, 3.8) is 0 Å². The van der Waals surface area contributed by atoms with Gasteiger partial charge in [-0.1, -0.05) is 6.92 Å². The standard InChI is InChI=1S/C13H25N3O2/c1-10-7-12(14-8-10)13(17)15-11-3-4-16(9-11)5-6-18-2/h10-12,14H,3-9H2,1-2H3,(H,15,17)/t10?,11-,12-/m0/s1. The van der Waals surface area contributed by atoms with Crippen LogP contribution in [0.3, 0.4) is 0 Å². The fourth-order valence-electron chi connectivity index (χ4n) is 2.79. The van der Waals surface area contributed by atoms with Crippen molar-refractivity contribution < 1.29 is 9.53 Å². The third-order valence-corrected chi connectivity index (χ3v) is 3.90. The molecule has 0 aromatic carbocycles. The highest BCUT2D eigenvalue weighted by atomic mass is 16.5. The summed E-state index contributed by atoms with van der Waals surface area (Å²) in [6, 6.07) is 0.333. The second kappa shape index (κ2) is 6.50. The highest BCUT2D eigenvalue weighted by molar-refractivity contribution is 5.82. The van der Waals surface area contributed by atoms with Crippen LogP contribution in [0.1, 0.15) is 19.8 Å². The fraction of sp³-hybridized carbons (Fsp3) is 0.923. The molecule has 0 aliphatic carbocycles. The number of amides is 1. The van der Waals surface area contributed by atoms with Gasteiger partial charge in [0.2, 0.25) is 5.91 Å². The van der Waals surface area contributed by atoms with Crippen LogP contribution in [-0.4, -0.2) is 62.8 Å². The molecule has 0 bridgehead atoms. The third-order valence-electron chi connectivity index (χ3n) is 3.90. The molecular formula is C13H25N3O2. The van der Waals surface area contributed by atoms with Crippen molar-refractivity contribution in [1.82, 2.24) is 15.5 Å². The number of nitrogens with one attached hydrogen (secondary N) is 2. The van der Waals surface area contributed by atoms with E-state index in [0.717, 1.165) is 45.6 Å². The topological polar surface area (TPSA) is 53.6 Å². The number of nitrogens with zero attached hydrogens (tertiary/aromatic N) is 1. The molecule has 2 rings (SSSR count). The summed E-state index contributed by atoms with van der Waals surface area (Å²) in [6.45, 7) is 6.88. The lowest BCUT2D eigenvalue weighted by molar-refractivity contribution is -0.123. The Labute approximate surface area is 109 Å². The molecule has 2 aliphatic heterocycles. The molecule has 104 valence electrons. The van der Waals surface area contributed by atoms with Gasteiger partial charge in [-0.2, -0.15) is 0 Å². The molecule has 0 spiro atoms. The smallest absolute Gasteiger partial charge is 0.237 e. The van der Waals surface area contributed by atoms with Crippen LogP contribution in [-0.2, 0) is 9.53 Å². The average Bonchev–Trinajstić information content (AvgIpc) is 2.96. The zero-order valence-corrected chi connectivity index (χ0v) is 11.4. The number of carbonyl (C=O) groups excluding carboxylic acids is 1. The lowest BCUT2D eigenvalue weighted by atomic mass is 10.1. The van der Waals surface area contributed by atoms with Gasteiger partial charge in [-0.3, -0.25) is 9.69 Å². The van der Waals surface area contributed by atoms with E-state index in [1.54, 1.807) is 7.11 Å². The quantitative estimate of drug-likeness (QED) is 0.716. The minimum atomic E-state index is 0.0213. The van der Waals surface area contributed by atoms with Crippen molar-refractivity contribution in [2.45, 2.75) is 31.8 Å². The summed E-state index contributed by atoms with van der Waals surface area (Å²) in [5, 5.41) is 6.44. The lowest BCUT2D eigenvalue weighted by Crippen LogP contribution is -2.46. The van der Waals surface area contributed by atoms with Gasteiger partial charge in [0.1, 0.15) is 0 Å². The van der Waals surface area contributed by atoms with Gasteiger partial charge in [0.05, 0.1) is 12.6 Å².